The summed E-state index contributed by atoms with van der Waals surface area (Å²) in [6.45, 7) is 8.43. The summed E-state index contributed by atoms with van der Waals surface area (Å²) in [5.41, 5.74) is 2.61. The van der Waals surface area contributed by atoms with Crippen molar-refractivity contribution >= 4 is 23.1 Å². The molecule has 0 aliphatic rings. The van der Waals surface area contributed by atoms with Crippen LogP contribution in [-0.2, 0) is 6.18 Å². The predicted octanol–water partition coefficient (Wildman–Crippen LogP) is 8.01. The first kappa shape index (κ1) is 23.6. The molecule has 0 bridgehead atoms. The van der Waals surface area contributed by atoms with Crippen LogP contribution in [0.1, 0.15) is 69.1 Å². The van der Waals surface area contributed by atoms with Crippen molar-refractivity contribution < 1.29 is 13.2 Å². The third kappa shape index (κ3) is 5.78. The van der Waals surface area contributed by atoms with E-state index < -0.39 is 11.7 Å². The molecule has 0 saturated carbocycles. The third-order valence-corrected chi connectivity index (χ3v) is 5.77. The van der Waals surface area contributed by atoms with Crippen molar-refractivity contribution in [1.82, 2.24) is 9.97 Å². The number of halogens is 3. The van der Waals surface area contributed by atoms with Crippen LogP contribution in [0.2, 0.25) is 0 Å². The van der Waals surface area contributed by atoms with Crippen molar-refractivity contribution in [2.45, 2.75) is 58.5 Å². The first-order valence-corrected chi connectivity index (χ1v) is 10.9. The van der Waals surface area contributed by atoms with Gasteiger partial charge in [-0.15, -0.1) is 0 Å². The molecule has 1 aromatic heterocycles. The molecule has 0 fully saturated rings. The van der Waals surface area contributed by atoms with Crippen LogP contribution in [0.4, 0.5) is 36.3 Å². The van der Waals surface area contributed by atoms with Gasteiger partial charge in [0.05, 0.1) is 0 Å². The lowest BCUT2D eigenvalue weighted by atomic mass is 9.98. The van der Waals surface area contributed by atoms with Crippen LogP contribution in [0.3, 0.4) is 0 Å². The number of anilines is 4. The van der Waals surface area contributed by atoms with E-state index in [0.717, 1.165) is 24.6 Å². The molecule has 7 heteroatoms. The van der Waals surface area contributed by atoms with Gasteiger partial charge in [0.15, 0.2) is 0 Å². The van der Waals surface area contributed by atoms with Crippen LogP contribution >= 0.6 is 0 Å². The van der Waals surface area contributed by atoms with Crippen LogP contribution in [0.5, 0.6) is 0 Å². The lowest BCUT2D eigenvalue weighted by Crippen LogP contribution is -2.12. The Morgan fingerprint density at radius 3 is 2.12 bits per heavy atom. The van der Waals surface area contributed by atoms with Gasteiger partial charge in [-0.3, -0.25) is 0 Å². The topological polar surface area (TPSA) is 49.8 Å². The van der Waals surface area contributed by atoms with Gasteiger partial charge < -0.3 is 10.6 Å². The highest BCUT2D eigenvalue weighted by atomic mass is 19.4. The van der Waals surface area contributed by atoms with Gasteiger partial charge in [-0.25, -0.2) is 4.98 Å². The number of hydrogen-bond acceptors (Lipinski definition) is 4. The fraction of sp³-hybridized carbons (Fsp3) is 0.360. The van der Waals surface area contributed by atoms with Crippen molar-refractivity contribution in [3.8, 4) is 0 Å². The van der Waals surface area contributed by atoms with Gasteiger partial charge in [-0.05, 0) is 60.1 Å². The van der Waals surface area contributed by atoms with E-state index in [2.05, 4.69) is 48.3 Å². The first-order chi connectivity index (χ1) is 15.2. The molecule has 0 aliphatic carbocycles. The zero-order valence-electron chi connectivity index (χ0n) is 18.8. The molecule has 2 N–H and O–H groups in total. The molecule has 0 spiro atoms. The molecule has 1 heterocycles. The van der Waals surface area contributed by atoms with Crippen LogP contribution < -0.4 is 10.6 Å². The summed E-state index contributed by atoms with van der Waals surface area (Å²) in [5.74, 6) is 0.552. The monoisotopic (exact) mass is 442 g/mol. The Labute approximate surface area is 187 Å². The summed E-state index contributed by atoms with van der Waals surface area (Å²) in [6.07, 6.45) is -1.80. The molecule has 0 saturated heterocycles. The Morgan fingerprint density at radius 2 is 1.50 bits per heavy atom. The number of rotatable bonds is 8. The maximum atomic E-state index is 13.6. The lowest BCUT2D eigenvalue weighted by molar-refractivity contribution is -0.137. The number of aromatic nitrogens is 2. The van der Waals surface area contributed by atoms with Crippen molar-refractivity contribution in [2.75, 3.05) is 10.6 Å². The molecule has 170 valence electrons. The van der Waals surface area contributed by atoms with E-state index in [9.17, 15) is 13.2 Å². The number of alkyl halides is 3. The highest BCUT2D eigenvalue weighted by Crippen LogP contribution is 2.36. The van der Waals surface area contributed by atoms with E-state index in [1.54, 1.807) is 6.07 Å². The van der Waals surface area contributed by atoms with Crippen molar-refractivity contribution in [2.24, 2.45) is 0 Å². The fourth-order valence-electron chi connectivity index (χ4n) is 3.30. The van der Waals surface area contributed by atoms with E-state index in [1.807, 2.05) is 42.5 Å². The summed E-state index contributed by atoms with van der Waals surface area (Å²) in [5, 5.41) is 5.85. The van der Waals surface area contributed by atoms with Gasteiger partial charge in [0, 0.05) is 17.6 Å². The standard InChI is InChI=1S/C25H29F3N4/c1-5-16(3)18-10-12-20(13-11-18)31-24-29-15-22(25(26,27)28)23(32-24)30-21-9-7-8-19(14-21)17(4)6-2/h7-17H,5-6H2,1-4H3,(H2,29,30,31,32). The van der Waals surface area contributed by atoms with Crippen LogP contribution in [0, 0.1) is 0 Å². The highest BCUT2D eigenvalue weighted by molar-refractivity contribution is 5.63. The van der Waals surface area contributed by atoms with Crippen LogP contribution in [0.15, 0.2) is 54.7 Å². The second-order valence-electron chi connectivity index (χ2n) is 8.07. The average molecular weight is 443 g/mol. The Balaban J connectivity index is 1.89. The molecule has 3 aromatic rings. The average Bonchev–Trinajstić information content (AvgIpc) is 2.78. The maximum Gasteiger partial charge on any atom is 0.421 e. The minimum atomic E-state index is -4.58. The van der Waals surface area contributed by atoms with Gasteiger partial charge in [0.2, 0.25) is 5.95 Å². The molecule has 2 atom stereocenters. The number of nitrogens with one attached hydrogen (secondary N) is 2. The Morgan fingerprint density at radius 1 is 0.844 bits per heavy atom. The predicted molar refractivity (Wildman–Crippen MR) is 124 cm³/mol. The Bertz CT molecular complexity index is 1030. The van der Waals surface area contributed by atoms with Gasteiger partial charge in [-0.2, -0.15) is 18.2 Å². The molecule has 4 nitrogen and oxygen atoms in total. The van der Waals surface area contributed by atoms with E-state index in [0.29, 0.717) is 23.2 Å². The zero-order valence-corrected chi connectivity index (χ0v) is 18.8. The number of nitrogens with zero attached hydrogens (tertiary/aromatic N) is 2. The van der Waals surface area contributed by atoms with E-state index >= 15 is 0 Å². The molecule has 32 heavy (non-hydrogen) atoms. The number of benzene rings is 2. The molecule has 0 radical (unpaired) electrons. The van der Waals surface area contributed by atoms with Crippen molar-refractivity contribution in [3.63, 3.8) is 0 Å². The largest absolute Gasteiger partial charge is 0.421 e. The molecular weight excluding hydrogens is 413 g/mol. The second kappa shape index (κ2) is 10.0. The third-order valence-electron chi connectivity index (χ3n) is 5.77. The minimum Gasteiger partial charge on any atom is -0.340 e. The van der Waals surface area contributed by atoms with E-state index in [-0.39, 0.29) is 11.8 Å². The van der Waals surface area contributed by atoms with E-state index in [4.69, 9.17) is 0 Å². The molecule has 2 unspecified atom stereocenters. The second-order valence-corrected chi connectivity index (χ2v) is 8.07. The minimum absolute atomic E-state index is 0.0925. The lowest BCUT2D eigenvalue weighted by Gasteiger charge is -2.16. The van der Waals surface area contributed by atoms with Crippen molar-refractivity contribution in [1.29, 1.82) is 0 Å². The molecule has 0 amide bonds. The SMILES string of the molecule is CCC(C)c1ccc(Nc2ncc(C(F)(F)F)c(Nc3cccc(C(C)CC)c3)n2)cc1. The van der Waals surface area contributed by atoms with E-state index in [1.165, 1.54) is 5.56 Å². The van der Waals surface area contributed by atoms with Gasteiger partial charge in [-0.1, -0.05) is 52.0 Å². The van der Waals surface area contributed by atoms with Gasteiger partial charge >= 0.3 is 6.18 Å². The first-order valence-electron chi connectivity index (χ1n) is 10.9. The van der Waals surface area contributed by atoms with Crippen molar-refractivity contribution in [3.05, 3.63) is 71.4 Å². The molecule has 2 aromatic carbocycles. The van der Waals surface area contributed by atoms with Gasteiger partial charge in [0.1, 0.15) is 11.4 Å². The normalized spacial score (nSPS) is 13.5. The summed E-state index contributed by atoms with van der Waals surface area (Å²) >= 11 is 0. The zero-order chi connectivity index (χ0) is 23.3. The smallest absolute Gasteiger partial charge is 0.340 e. The summed E-state index contributed by atoms with van der Waals surface area (Å²) in [7, 11) is 0. The summed E-state index contributed by atoms with van der Waals surface area (Å²) in [6, 6.07) is 15.2. The summed E-state index contributed by atoms with van der Waals surface area (Å²) in [4.78, 5) is 8.04. The van der Waals surface area contributed by atoms with Crippen LogP contribution in [0.25, 0.3) is 0 Å². The Kier molecular flexibility index (Phi) is 7.38. The quantitative estimate of drug-likeness (QED) is 0.371. The maximum absolute atomic E-state index is 13.6. The number of hydrogen-bond donors (Lipinski definition) is 2. The molecular formula is C25H29F3N4. The molecule has 3 rings (SSSR count). The summed E-state index contributed by atoms with van der Waals surface area (Å²) < 4.78 is 40.8. The molecule has 0 aliphatic heterocycles. The fourth-order valence-corrected chi connectivity index (χ4v) is 3.30. The van der Waals surface area contributed by atoms with Gasteiger partial charge in [0.25, 0.3) is 0 Å². The Hall–Kier alpha value is -3.09. The van der Waals surface area contributed by atoms with Crippen LogP contribution in [-0.4, -0.2) is 9.97 Å². The highest BCUT2D eigenvalue weighted by Gasteiger charge is 2.35.